The molecule has 1 aliphatic heterocycles. The Morgan fingerprint density at radius 3 is 2.67 bits per heavy atom. The van der Waals surface area contributed by atoms with E-state index in [9.17, 15) is 0 Å². The van der Waals surface area contributed by atoms with Gasteiger partial charge in [0.1, 0.15) is 0 Å². The van der Waals surface area contributed by atoms with Gasteiger partial charge in [-0.05, 0) is 19.2 Å². The van der Waals surface area contributed by atoms with Gasteiger partial charge in [0.15, 0.2) is 5.13 Å². The van der Waals surface area contributed by atoms with E-state index in [1.165, 1.54) is 0 Å². The normalized spacial score (nSPS) is 17.1. The van der Waals surface area contributed by atoms with Crippen LogP contribution in [0.1, 0.15) is 0 Å². The van der Waals surface area contributed by atoms with Crippen molar-refractivity contribution in [3.8, 4) is 10.6 Å². The molecular weight excluding hydrogens is 244 g/mol. The van der Waals surface area contributed by atoms with Crippen LogP contribution in [0.5, 0.6) is 0 Å². The third-order valence-corrected chi connectivity index (χ3v) is 4.27. The molecule has 0 atom stereocenters. The van der Waals surface area contributed by atoms with Gasteiger partial charge < -0.3 is 9.80 Å². The van der Waals surface area contributed by atoms with E-state index >= 15 is 0 Å². The fraction of sp³-hybridized carbons (Fsp3) is 0.385. The number of nitrogens with zero attached hydrogens (tertiary/aromatic N) is 4. The second kappa shape index (κ2) is 5.04. The van der Waals surface area contributed by atoms with E-state index in [0.717, 1.165) is 41.9 Å². The van der Waals surface area contributed by atoms with Crippen molar-refractivity contribution in [1.82, 2.24) is 14.9 Å². The predicted molar refractivity (Wildman–Crippen MR) is 75.1 cm³/mol. The Labute approximate surface area is 111 Å². The van der Waals surface area contributed by atoms with Gasteiger partial charge in [0.05, 0.1) is 10.6 Å². The van der Waals surface area contributed by atoms with Crippen molar-refractivity contribution < 1.29 is 0 Å². The maximum absolute atomic E-state index is 4.53. The smallest absolute Gasteiger partial charge is 0.185 e. The van der Waals surface area contributed by atoms with Gasteiger partial charge in [0.25, 0.3) is 0 Å². The lowest BCUT2D eigenvalue weighted by Gasteiger charge is -2.32. The van der Waals surface area contributed by atoms with Crippen molar-refractivity contribution >= 4 is 16.5 Å². The molecule has 1 saturated heterocycles. The van der Waals surface area contributed by atoms with Crippen LogP contribution in [0, 0.1) is 0 Å². The van der Waals surface area contributed by atoms with Gasteiger partial charge >= 0.3 is 0 Å². The lowest BCUT2D eigenvalue weighted by atomic mass is 10.3. The second-order valence-corrected chi connectivity index (χ2v) is 5.52. The Morgan fingerprint density at radius 2 is 1.94 bits per heavy atom. The summed E-state index contributed by atoms with van der Waals surface area (Å²) in [7, 11) is 2.17. The highest BCUT2D eigenvalue weighted by Gasteiger charge is 2.17. The van der Waals surface area contributed by atoms with Crippen LogP contribution >= 0.6 is 11.3 Å². The molecule has 0 amide bonds. The first-order chi connectivity index (χ1) is 8.83. The lowest BCUT2D eigenvalue weighted by molar-refractivity contribution is 0.313. The summed E-state index contributed by atoms with van der Waals surface area (Å²) in [6, 6.07) is 5.98. The van der Waals surface area contributed by atoms with E-state index in [1.54, 1.807) is 11.3 Å². The van der Waals surface area contributed by atoms with Gasteiger partial charge in [0.2, 0.25) is 0 Å². The molecule has 1 aliphatic rings. The largest absolute Gasteiger partial charge is 0.346 e. The molecule has 3 rings (SSSR count). The van der Waals surface area contributed by atoms with Crippen molar-refractivity contribution in [1.29, 1.82) is 0 Å². The summed E-state index contributed by atoms with van der Waals surface area (Å²) in [5.41, 5.74) is 1.01. The summed E-state index contributed by atoms with van der Waals surface area (Å²) in [6.07, 6.45) is 3.76. The molecule has 2 aromatic heterocycles. The standard InChI is InChI=1S/C13H16N4S/c1-16-6-8-17(9-7-16)13-15-10-12(18-13)11-4-2-3-5-14-11/h2-5,10H,6-9H2,1H3. The van der Waals surface area contributed by atoms with Crippen molar-refractivity contribution in [2.75, 3.05) is 38.1 Å². The summed E-state index contributed by atoms with van der Waals surface area (Å²) in [4.78, 5) is 14.7. The highest BCUT2D eigenvalue weighted by molar-refractivity contribution is 7.18. The van der Waals surface area contributed by atoms with E-state index in [4.69, 9.17) is 0 Å². The van der Waals surface area contributed by atoms with Gasteiger partial charge in [-0.1, -0.05) is 17.4 Å². The highest BCUT2D eigenvalue weighted by atomic mass is 32.1. The van der Waals surface area contributed by atoms with E-state index in [1.807, 2.05) is 30.6 Å². The highest BCUT2D eigenvalue weighted by Crippen LogP contribution is 2.30. The number of rotatable bonds is 2. The van der Waals surface area contributed by atoms with E-state index in [2.05, 4.69) is 26.8 Å². The van der Waals surface area contributed by atoms with Crippen LogP contribution in [0.25, 0.3) is 10.6 Å². The summed E-state index contributed by atoms with van der Waals surface area (Å²) < 4.78 is 0. The maximum atomic E-state index is 4.53. The van der Waals surface area contributed by atoms with E-state index < -0.39 is 0 Å². The van der Waals surface area contributed by atoms with Crippen LogP contribution in [-0.4, -0.2) is 48.1 Å². The van der Waals surface area contributed by atoms with Crippen molar-refractivity contribution in [2.24, 2.45) is 0 Å². The predicted octanol–water partition coefficient (Wildman–Crippen LogP) is 1.96. The topological polar surface area (TPSA) is 32.3 Å². The molecule has 0 unspecified atom stereocenters. The monoisotopic (exact) mass is 260 g/mol. The van der Waals surface area contributed by atoms with E-state index in [0.29, 0.717) is 0 Å². The molecule has 4 nitrogen and oxygen atoms in total. The van der Waals surface area contributed by atoms with Gasteiger partial charge in [-0.25, -0.2) is 4.98 Å². The Bertz CT molecular complexity index is 503. The van der Waals surface area contributed by atoms with Crippen LogP contribution < -0.4 is 4.90 Å². The number of pyridine rings is 1. The first-order valence-electron chi connectivity index (χ1n) is 6.13. The molecule has 0 N–H and O–H groups in total. The molecule has 0 aliphatic carbocycles. The average molecular weight is 260 g/mol. The first kappa shape index (κ1) is 11.6. The second-order valence-electron chi connectivity index (χ2n) is 4.51. The molecule has 0 bridgehead atoms. The maximum Gasteiger partial charge on any atom is 0.185 e. The fourth-order valence-corrected chi connectivity index (χ4v) is 2.98. The Kier molecular flexibility index (Phi) is 3.25. The molecule has 1 fully saturated rings. The molecule has 0 aromatic carbocycles. The minimum Gasteiger partial charge on any atom is -0.346 e. The van der Waals surface area contributed by atoms with Crippen LogP contribution in [0.2, 0.25) is 0 Å². The molecule has 5 heteroatoms. The number of piperazine rings is 1. The van der Waals surface area contributed by atoms with E-state index in [-0.39, 0.29) is 0 Å². The molecular formula is C13H16N4S. The molecule has 18 heavy (non-hydrogen) atoms. The van der Waals surface area contributed by atoms with Crippen molar-refractivity contribution in [3.63, 3.8) is 0 Å². The molecule has 0 saturated carbocycles. The van der Waals surface area contributed by atoms with Gasteiger partial charge in [0, 0.05) is 38.6 Å². The summed E-state index contributed by atoms with van der Waals surface area (Å²) in [5, 5.41) is 1.11. The zero-order valence-electron chi connectivity index (χ0n) is 10.4. The first-order valence-corrected chi connectivity index (χ1v) is 6.95. The van der Waals surface area contributed by atoms with Gasteiger partial charge in [-0.3, -0.25) is 4.98 Å². The summed E-state index contributed by atoms with van der Waals surface area (Å²) in [6.45, 7) is 4.34. The van der Waals surface area contributed by atoms with Crippen LogP contribution in [0.4, 0.5) is 5.13 Å². The number of thiazole rings is 1. The number of hydrogen-bond donors (Lipinski definition) is 0. The van der Waals surface area contributed by atoms with Crippen LogP contribution in [0.15, 0.2) is 30.6 Å². The third kappa shape index (κ3) is 2.37. The van der Waals surface area contributed by atoms with Crippen molar-refractivity contribution in [3.05, 3.63) is 30.6 Å². The van der Waals surface area contributed by atoms with Crippen LogP contribution in [0.3, 0.4) is 0 Å². The lowest BCUT2D eigenvalue weighted by Crippen LogP contribution is -2.44. The minimum absolute atomic E-state index is 1.01. The number of anilines is 1. The van der Waals surface area contributed by atoms with Crippen molar-refractivity contribution in [2.45, 2.75) is 0 Å². The summed E-state index contributed by atoms with van der Waals surface area (Å²) >= 11 is 1.73. The molecule has 2 aromatic rings. The Morgan fingerprint density at radius 1 is 1.11 bits per heavy atom. The molecule has 3 heterocycles. The molecule has 0 radical (unpaired) electrons. The van der Waals surface area contributed by atoms with Gasteiger partial charge in [-0.2, -0.15) is 0 Å². The zero-order valence-corrected chi connectivity index (χ0v) is 11.2. The number of aromatic nitrogens is 2. The average Bonchev–Trinajstić information content (AvgIpc) is 2.90. The molecule has 94 valence electrons. The quantitative estimate of drug-likeness (QED) is 0.826. The zero-order chi connectivity index (χ0) is 12.4. The number of likely N-dealkylation sites (N-methyl/N-ethyl adjacent to an activating group) is 1. The SMILES string of the molecule is CN1CCN(c2ncc(-c3ccccn3)s2)CC1. The summed E-state index contributed by atoms with van der Waals surface area (Å²) in [5.74, 6) is 0. The Hall–Kier alpha value is -1.46. The fourth-order valence-electron chi connectivity index (χ4n) is 2.04. The van der Waals surface area contributed by atoms with Crippen LogP contribution in [-0.2, 0) is 0 Å². The number of hydrogen-bond acceptors (Lipinski definition) is 5. The molecule has 0 spiro atoms. The Balaban J connectivity index is 1.78. The third-order valence-electron chi connectivity index (χ3n) is 3.18. The van der Waals surface area contributed by atoms with Gasteiger partial charge in [-0.15, -0.1) is 0 Å². The minimum atomic E-state index is 1.01.